The molecule has 0 aliphatic carbocycles. The smallest absolute Gasteiger partial charge is 0.368 e. The Morgan fingerprint density at radius 2 is 1.59 bits per heavy atom. The molecule has 0 unspecified atom stereocenters. The molecule has 0 aliphatic rings. The van der Waals surface area contributed by atoms with Crippen LogP contribution in [0.15, 0.2) is 0 Å². The van der Waals surface area contributed by atoms with Crippen molar-refractivity contribution in [3.8, 4) is 0 Å². The van der Waals surface area contributed by atoms with E-state index in [0.717, 1.165) is 0 Å². The Balaban J connectivity index is 4.39. The van der Waals surface area contributed by atoms with E-state index >= 15 is 0 Å². The van der Waals surface area contributed by atoms with Crippen molar-refractivity contribution in [3.05, 3.63) is 0 Å². The molecular formula is C7H16N2O9P2S2. The van der Waals surface area contributed by atoms with Gasteiger partial charge in [-0.3, -0.25) is 18.7 Å². The molecule has 15 heteroatoms. The van der Waals surface area contributed by atoms with Crippen molar-refractivity contribution in [1.29, 1.82) is 0 Å². The lowest BCUT2D eigenvalue weighted by atomic mass is 10.3. The van der Waals surface area contributed by atoms with Crippen LogP contribution in [0, 0.1) is 0 Å². The highest BCUT2D eigenvalue weighted by Gasteiger charge is 2.58. The van der Waals surface area contributed by atoms with Gasteiger partial charge in [-0.05, 0) is 6.42 Å². The summed E-state index contributed by atoms with van der Waals surface area (Å²) in [6.07, 6.45) is -1.24. The summed E-state index contributed by atoms with van der Waals surface area (Å²) in [5, 5.41) is 9.90. The number of rotatable bonds is 8. The molecule has 0 saturated carbocycles. The summed E-state index contributed by atoms with van der Waals surface area (Å²) in [5.41, 5.74) is 0. The molecule has 11 nitrogen and oxygen atoms in total. The van der Waals surface area contributed by atoms with Crippen LogP contribution >= 0.6 is 37.6 Å². The van der Waals surface area contributed by atoms with E-state index in [-0.39, 0.29) is 19.5 Å². The molecule has 0 heterocycles. The fraction of sp³-hybridized carbons (Fsp3) is 0.714. The van der Waals surface area contributed by atoms with Gasteiger partial charge in [0.05, 0.1) is 6.54 Å². The summed E-state index contributed by atoms with van der Waals surface area (Å²) in [6.45, 7) is -0.585. The maximum absolute atomic E-state index is 11.3. The number of carbonyl (C=O) groups excluding carboxylic acids is 2. The minimum absolute atomic E-state index is 0.217. The molecule has 0 rings (SSSR count). The number of amides is 2. The Morgan fingerprint density at radius 3 is 2.00 bits per heavy atom. The number of hydrogen-bond donors (Lipinski definition) is 8. The standard InChI is InChI=1S/C7H16N2O9P2S2/c10-5(4-9-6(11)22-21)8-3-1-2-7(12,19(13,14)15)20(16,17)18/h12,21H,1-4H2,(H,8,10)(H,9,11)(H2,13,14,15)(H2,16,17,18). The molecule has 0 fully saturated rings. The molecule has 0 aliphatic heterocycles. The molecule has 130 valence electrons. The van der Waals surface area contributed by atoms with Gasteiger partial charge in [-0.15, -0.1) is 11.7 Å². The van der Waals surface area contributed by atoms with E-state index in [4.69, 9.17) is 19.6 Å². The predicted octanol–water partition coefficient (Wildman–Crippen LogP) is -0.828. The maximum atomic E-state index is 11.3. The topological polar surface area (TPSA) is 193 Å². The van der Waals surface area contributed by atoms with Crippen LogP contribution in [0.4, 0.5) is 4.79 Å². The lowest BCUT2D eigenvalue weighted by Gasteiger charge is -2.29. The summed E-state index contributed by atoms with van der Waals surface area (Å²) >= 11 is 3.59. The summed E-state index contributed by atoms with van der Waals surface area (Å²) < 4.78 is 22.1. The third-order valence-electron chi connectivity index (χ3n) is 2.42. The highest BCUT2D eigenvalue weighted by Crippen LogP contribution is 2.69. The summed E-state index contributed by atoms with van der Waals surface area (Å²) in [6, 6.07) is 0. The van der Waals surface area contributed by atoms with Crippen LogP contribution in [0.25, 0.3) is 0 Å². The first kappa shape index (κ1) is 21.9. The molecule has 0 radical (unpaired) electrons. The van der Waals surface area contributed by atoms with E-state index in [9.17, 15) is 23.8 Å². The van der Waals surface area contributed by atoms with Gasteiger partial charge in [0.2, 0.25) is 5.91 Å². The number of nitrogens with one attached hydrogen (secondary N) is 2. The van der Waals surface area contributed by atoms with Gasteiger partial charge >= 0.3 is 15.2 Å². The van der Waals surface area contributed by atoms with Gasteiger partial charge in [0.25, 0.3) is 10.3 Å². The Hall–Kier alpha value is -0.100. The summed E-state index contributed by atoms with van der Waals surface area (Å²) in [4.78, 5) is 57.6. The van der Waals surface area contributed by atoms with E-state index in [0.29, 0.717) is 10.8 Å². The van der Waals surface area contributed by atoms with Gasteiger partial charge in [-0.2, -0.15) is 0 Å². The second-order valence-electron chi connectivity index (χ2n) is 4.05. The molecule has 22 heavy (non-hydrogen) atoms. The van der Waals surface area contributed by atoms with Gasteiger partial charge in [-0.25, -0.2) is 0 Å². The molecule has 0 bridgehead atoms. The second-order valence-corrected chi connectivity index (χ2v) is 9.16. The largest absolute Gasteiger partial charge is 0.369 e. The molecule has 0 aromatic rings. The molecule has 7 N–H and O–H groups in total. The van der Waals surface area contributed by atoms with Crippen molar-refractivity contribution < 1.29 is 43.4 Å². The average molecular weight is 398 g/mol. The summed E-state index contributed by atoms with van der Waals surface area (Å²) in [7, 11) is -10.4. The second kappa shape index (κ2) is 8.67. The average Bonchev–Trinajstić information content (AvgIpc) is 2.37. The van der Waals surface area contributed by atoms with E-state index < -0.39 is 37.8 Å². The Morgan fingerprint density at radius 1 is 1.09 bits per heavy atom. The number of hydrogen-bond acceptors (Lipinski definition) is 7. The zero-order chi connectivity index (χ0) is 17.6. The predicted molar refractivity (Wildman–Crippen MR) is 81.3 cm³/mol. The third kappa shape index (κ3) is 6.57. The lowest BCUT2D eigenvalue weighted by Crippen LogP contribution is -2.36. The van der Waals surface area contributed by atoms with E-state index in [1.165, 1.54) is 0 Å². The molecule has 0 aromatic carbocycles. The van der Waals surface area contributed by atoms with Gasteiger partial charge in [0, 0.05) is 23.8 Å². The molecule has 0 atom stereocenters. The highest BCUT2D eigenvalue weighted by atomic mass is 33.1. The fourth-order valence-corrected chi connectivity index (χ4v) is 3.85. The minimum Gasteiger partial charge on any atom is -0.368 e. The van der Waals surface area contributed by atoms with Crippen LogP contribution in [0.3, 0.4) is 0 Å². The monoisotopic (exact) mass is 398 g/mol. The molecule has 0 spiro atoms. The van der Waals surface area contributed by atoms with Crippen molar-refractivity contribution in [2.45, 2.75) is 17.9 Å². The summed E-state index contributed by atoms with van der Waals surface area (Å²) in [5.74, 6) is -0.633. The van der Waals surface area contributed by atoms with Crippen molar-refractivity contribution in [2.24, 2.45) is 0 Å². The molecular weight excluding hydrogens is 382 g/mol. The van der Waals surface area contributed by atoms with Crippen LogP contribution in [0.5, 0.6) is 0 Å². The SMILES string of the molecule is O=C(CNC(=O)SS)NCCCC(O)(P(=O)(O)O)P(=O)(O)O. The first-order valence-corrected chi connectivity index (χ1v) is 10.6. The van der Waals surface area contributed by atoms with Crippen molar-refractivity contribution in [1.82, 2.24) is 10.6 Å². The first-order chi connectivity index (χ1) is 9.85. The normalized spacial score (nSPS) is 12.8. The maximum Gasteiger partial charge on any atom is 0.369 e. The minimum atomic E-state index is -5.49. The Kier molecular flexibility index (Phi) is 8.63. The molecule has 0 aromatic heterocycles. The molecule has 2 amide bonds. The van der Waals surface area contributed by atoms with Crippen LogP contribution < -0.4 is 10.6 Å². The van der Waals surface area contributed by atoms with Crippen molar-refractivity contribution in [3.63, 3.8) is 0 Å². The van der Waals surface area contributed by atoms with E-state index in [1.807, 2.05) is 0 Å². The van der Waals surface area contributed by atoms with Crippen molar-refractivity contribution >= 4 is 48.8 Å². The van der Waals surface area contributed by atoms with Crippen LogP contribution in [0.1, 0.15) is 12.8 Å². The van der Waals surface area contributed by atoms with Gasteiger partial charge in [0.15, 0.2) is 0 Å². The van der Waals surface area contributed by atoms with Crippen molar-refractivity contribution in [2.75, 3.05) is 13.1 Å². The van der Waals surface area contributed by atoms with E-state index in [1.54, 1.807) is 0 Å². The van der Waals surface area contributed by atoms with Gasteiger partial charge in [-0.1, -0.05) is 0 Å². The van der Waals surface area contributed by atoms with Gasteiger partial charge in [0.1, 0.15) is 0 Å². The highest BCUT2D eigenvalue weighted by molar-refractivity contribution is 8.74. The Labute approximate surface area is 134 Å². The van der Waals surface area contributed by atoms with Crippen LogP contribution in [-0.4, -0.2) is 54.0 Å². The van der Waals surface area contributed by atoms with E-state index in [2.05, 4.69) is 22.3 Å². The first-order valence-electron chi connectivity index (χ1n) is 5.55. The fourth-order valence-electron chi connectivity index (χ4n) is 1.26. The van der Waals surface area contributed by atoms with Crippen LogP contribution in [-0.2, 0) is 13.9 Å². The lowest BCUT2D eigenvalue weighted by molar-refractivity contribution is -0.120. The van der Waals surface area contributed by atoms with Gasteiger partial charge < -0.3 is 35.3 Å². The zero-order valence-electron chi connectivity index (χ0n) is 10.9. The molecule has 0 saturated heterocycles. The third-order valence-corrected chi connectivity index (χ3v) is 7.10. The Bertz CT molecular complexity index is 482. The quantitative estimate of drug-likeness (QED) is 0.111. The zero-order valence-corrected chi connectivity index (χ0v) is 14.4. The number of thiol groups is 1. The van der Waals surface area contributed by atoms with Crippen LogP contribution in [0.2, 0.25) is 0 Å². The number of aliphatic hydroxyl groups is 1. The number of carbonyl (C=O) groups is 2.